The molecule has 1 rings (SSSR count). The first kappa shape index (κ1) is 17.3. The fourth-order valence-electron chi connectivity index (χ4n) is 2.50. The molecule has 1 aliphatic rings. The van der Waals surface area contributed by atoms with Gasteiger partial charge in [0, 0.05) is 12.1 Å². The molecule has 112 valence electrons. The predicted molar refractivity (Wildman–Crippen MR) is 88.8 cm³/mol. The average molecular weight is 319 g/mol. The van der Waals surface area contributed by atoms with Gasteiger partial charge in [0.05, 0.1) is 0 Å². The van der Waals surface area contributed by atoms with Crippen molar-refractivity contribution in [3.05, 3.63) is 12.2 Å². The van der Waals surface area contributed by atoms with Crippen LogP contribution in [-0.2, 0) is 12.7 Å². The van der Waals surface area contributed by atoms with Gasteiger partial charge in [-0.25, -0.2) is 0 Å². The highest BCUT2D eigenvalue weighted by atomic mass is 28.4. The van der Waals surface area contributed by atoms with Crippen LogP contribution in [-0.4, -0.2) is 33.7 Å². The quantitative estimate of drug-likeness (QED) is 0.428. The van der Waals surface area contributed by atoms with E-state index in [1.807, 2.05) is 0 Å². The molecule has 6 heteroatoms. The molecule has 0 aromatic heterocycles. The molecule has 0 N–H and O–H groups in total. The predicted octanol–water partition coefficient (Wildman–Crippen LogP) is 3.00. The SMILES string of the molecule is C=C(CCCCC)C[SiH]1OC(C)C[SiH](C)O[SiH](C)O1. The number of unbranched alkanes of at least 4 members (excludes halogenated alkanes) is 2. The number of hydrogen-bond donors (Lipinski definition) is 0. The maximum atomic E-state index is 6.15. The first-order valence-corrected chi connectivity index (χ1v) is 13.9. The molecule has 19 heavy (non-hydrogen) atoms. The molecule has 3 nitrogen and oxygen atoms in total. The van der Waals surface area contributed by atoms with Gasteiger partial charge in [-0.2, -0.15) is 0 Å². The van der Waals surface area contributed by atoms with Crippen molar-refractivity contribution >= 4 is 27.6 Å². The van der Waals surface area contributed by atoms with E-state index in [1.54, 1.807) is 0 Å². The van der Waals surface area contributed by atoms with Gasteiger partial charge in [-0.3, -0.25) is 0 Å². The Morgan fingerprint density at radius 2 is 2.00 bits per heavy atom. The Kier molecular flexibility index (Phi) is 8.43. The third-order valence-electron chi connectivity index (χ3n) is 3.40. The van der Waals surface area contributed by atoms with Crippen LogP contribution in [0.1, 0.15) is 39.5 Å². The van der Waals surface area contributed by atoms with E-state index in [4.69, 9.17) is 12.7 Å². The van der Waals surface area contributed by atoms with Crippen molar-refractivity contribution in [2.24, 2.45) is 0 Å². The summed E-state index contributed by atoms with van der Waals surface area (Å²) in [6.07, 6.45) is 5.24. The lowest BCUT2D eigenvalue weighted by molar-refractivity contribution is 0.185. The summed E-state index contributed by atoms with van der Waals surface area (Å²) in [6, 6.07) is 2.08. The highest BCUT2D eigenvalue weighted by molar-refractivity contribution is 6.67. The average Bonchev–Trinajstić information content (AvgIpc) is 2.26. The lowest BCUT2D eigenvalue weighted by Crippen LogP contribution is -2.42. The molecule has 0 saturated carbocycles. The van der Waals surface area contributed by atoms with Crippen molar-refractivity contribution in [1.29, 1.82) is 0 Å². The highest BCUT2D eigenvalue weighted by Gasteiger charge is 2.27. The van der Waals surface area contributed by atoms with E-state index in [1.165, 1.54) is 24.8 Å². The fraction of sp³-hybridized carbons (Fsp3) is 0.846. The second-order valence-corrected chi connectivity index (χ2v) is 12.6. The van der Waals surface area contributed by atoms with Crippen LogP contribution in [0.5, 0.6) is 0 Å². The van der Waals surface area contributed by atoms with Gasteiger partial charge in [-0.1, -0.05) is 31.9 Å². The zero-order chi connectivity index (χ0) is 14.3. The van der Waals surface area contributed by atoms with E-state index >= 15 is 0 Å². The Morgan fingerprint density at radius 3 is 2.68 bits per heavy atom. The van der Waals surface area contributed by atoms with Gasteiger partial charge in [-0.15, -0.1) is 0 Å². The standard InChI is InChI=1S/C13H30O3Si3/c1-6-7-8-9-12(2)10-19-14-13(3)11-17(4)15-18(5)16-19/h13,17-19H,2,6-11H2,1,3-5H3. The Bertz CT molecular complexity index is 262. The van der Waals surface area contributed by atoms with E-state index in [0.717, 1.165) is 18.5 Å². The molecular weight excluding hydrogens is 288 g/mol. The summed E-state index contributed by atoms with van der Waals surface area (Å²) in [5.74, 6) is 0. The summed E-state index contributed by atoms with van der Waals surface area (Å²) in [5, 5.41) is 0. The normalized spacial score (nSPS) is 32.6. The molecule has 0 radical (unpaired) electrons. The van der Waals surface area contributed by atoms with Crippen molar-refractivity contribution in [3.63, 3.8) is 0 Å². The number of allylic oxidation sites excluding steroid dienone is 1. The second kappa shape index (κ2) is 9.25. The summed E-state index contributed by atoms with van der Waals surface area (Å²) >= 11 is 0. The molecule has 1 saturated heterocycles. The van der Waals surface area contributed by atoms with Crippen LogP contribution >= 0.6 is 0 Å². The van der Waals surface area contributed by atoms with Crippen LogP contribution < -0.4 is 0 Å². The van der Waals surface area contributed by atoms with Crippen LogP contribution in [0.4, 0.5) is 0 Å². The van der Waals surface area contributed by atoms with E-state index < -0.39 is 27.6 Å². The molecule has 1 heterocycles. The van der Waals surface area contributed by atoms with Gasteiger partial charge in [0.1, 0.15) is 0 Å². The zero-order valence-electron chi connectivity index (χ0n) is 13.0. The summed E-state index contributed by atoms with van der Waals surface area (Å²) in [5.41, 5.74) is 1.31. The van der Waals surface area contributed by atoms with E-state index in [-0.39, 0.29) is 0 Å². The molecule has 0 bridgehead atoms. The summed E-state index contributed by atoms with van der Waals surface area (Å²) in [7, 11) is -4.10. The smallest absolute Gasteiger partial charge is 0.316 e. The molecule has 1 fully saturated rings. The molecule has 4 atom stereocenters. The van der Waals surface area contributed by atoms with Crippen molar-refractivity contribution in [3.8, 4) is 0 Å². The monoisotopic (exact) mass is 318 g/mol. The van der Waals surface area contributed by atoms with Crippen LogP contribution in [0.2, 0.25) is 25.2 Å². The summed E-state index contributed by atoms with van der Waals surface area (Å²) in [4.78, 5) is 0. The van der Waals surface area contributed by atoms with Crippen molar-refractivity contribution < 1.29 is 12.7 Å². The first-order chi connectivity index (χ1) is 9.01. The Labute approximate surface area is 123 Å². The topological polar surface area (TPSA) is 27.7 Å². The van der Waals surface area contributed by atoms with Gasteiger partial charge in [0.15, 0.2) is 9.04 Å². The van der Waals surface area contributed by atoms with Gasteiger partial charge >= 0.3 is 9.28 Å². The van der Waals surface area contributed by atoms with Gasteiger partial charge < -0.3 is 12.7 Å². The summed E-state index contributed by atoms with van der Waals surface area (Å²) < 4.78 is 18.3. The van der Waals surface area contributed by atoms with Gasteiger partial charge in [0.2, 0.25) is 0 Å². The van der Waals surface area contributed by atoms with Crippen LogP contribution in [0.3, 0.4) is 0 Å². The van der Waals surface area contributed by atoms with E-state index in [2.05, 4.69) is 33.5 Å². The molecule has 1 aliphatic heterocycles. The molecule has 0 aliphatic carbocycles. The number of rotatable bonds is 6. The summed E-state index contributed by atoms with van der Waals surface area (Å²) in [6.45, 7) is 13.0. The largest absolute Gasteiger partial charge is 0.441 e. The van der Waals surface area contributed by atoms with Crippen molar-refractivity contribution in [2.75, 3.05) is 0 Å². The molecule has 0 spiro atoms. The lowest BCUT2D eigenvalue weighted by atomic mass is 10.1. The molecule has 0 amide bonds. The van der Waals surface area contributed by atoms with Gasteiger partial charge in [-0.05, 0) is 38.9 Å². The van der Waals surface area contributed by atoms with Crippen LogP contribution in [0.15, 0.2) is 12.2 Å². The highest BCUT2D eigenvalue weighted by Crippen LogP contribution is 2.19. The lowest BCUT2D eigenvalue weighted by Gasteiger charge is -2.31. The minimum atomic E-state index is -1.59. The maximum absolute atomic E-state index is 6.15. The third-order valence-corrected chi connectivity index (χ3v) is 12.6. The number of hydrogen-bond acceptors (Lipinski definition) is 3. The molecular formula is C13H30O3Si3. The Hall–Kier alpha value is 0.271. The van der Waals surface area contributed by atoms with E-state index in [0.29, 0.717) is 6.10 Å². The molecule has 0 aromatic carbocycles. The van der Waals surface area contributed by atoms with Crippen molar-refractivity contribution in [1.82, 2.24) is 0 Å². The molecule has 0 aromatic rings. The van der Waals surface area contributed by atoms with Crippen molar-refractivity contribution in [2.45, 2.75) is 70.8 Å². The minimum absolute atomic E-state index is 0.309. The first-order valence-electron chi connectivity index (χ1n) is 7.64. The maximum Gasteiger partial charge on any atom is 0.316 e. The zero-order valence-corrected chi connectivity index (χ0v) is 16.4. The Balaban J connectivity index is 2.39. The fourth-order valence-corrected chi connectivity index (χ4v) is 11.4. The third kappa shape index (κ3) is 7.57. The van der Waals surface area contributed by atoms with Crippen LogP contribution in [0, 0.1) is 0 Å². The Morgan fingerprint density at radius 1 is 1.26 bits per heavy atom. The van der Waals surface area contributed by atoms with Crippen LogP contribution in [0.25, 0.3) is 0 Å². The minimum Gasteiger partial charge on any atom is -0.441 e. The van der Waals surface area contributed by atoms with Gasteiger partial charge in [0.25, 0.3) is 9.28 Å². The van der Waals surface area contributed by atoms with E-state index in [9.17, 15) is 0 Å². The second-order valence-electron chi connectivity index (χ2n) is 5.67. The molecule has 4 unspecified atom stereocenters.